The molecule has 17 heavy (non-hydrogen) atoms. The summed E-state index contributed by atoms with van der Waals surface area (Å²) in [5.41, 5.74) is 1.27. The average Bonchev–Trinajstić information content (AvgIpc) is 2.79. The van der Waals surface area contributed by atoms with Crippen LogP contribution in [-0.4, -0.2) is 31.2 Å². The molecule has 0 bridgehead atoms. The third-order valence-electron chi connectivity index (χ3n) is 3.29. The van der Waals surface area contributed by atoms with Crippen LogP contribution in [0.25, 0.3) is 0 Å². The highest BCUT2D eigenvalue weighted by atomic mass is 32.1. The number of hydrogen-bond donors (Lipinski definition) is 2. The third kappa shape index (κ3) is 4.37. The summed E-state index contributed by atoms with van der Waals surface area (Å²) < 4.78 is 0. The third-order valence-corrected chi connectivity index (χ3v) is 4.21. The summed E-state index contributed by atoms with van der Waals surface area (Å²) >= 11 is 1.83. The van der Waals surface area contributed by atoms with Crippen molar-refractivity contribution in [1.29, 1.82) is 0 Å². The van der Waals surface area contributed by atoms with Gasteiger partial charge in [0.05, 0.1) is 10.7 Å². The molecule has 3 nitrogen and oxygen atoms in total. The summed E-state index contributed by atoms with van der Waals surface area (Å²) in [6.45, 7) is 2.27. The first-order chi connectivity index (χ1) is 8.38. The van der Waals surface area contributed by atoms with Crippen LogP contribution >= 0.6 is 11.3 Å². The molecule has 0 spiro atoms. The van der Waals surface area contributed by atoms with E-state index in [1.54, 1.807) is 0 Å². The molecule has 1 atom stereocenters. The molecule has 0 saturated carbocycles. The van der Waals surface area contributed by atoms with E-state index in [2.05, 4.69) is 16.0 Å². The zero-order valence-electron chi connectivity index (χ0n) is 10.7. The van der Waals surface area contributed by atoms with E-state index in [1.807, 2.05) is 18.4 Å². The van der Waals surface area contributed by atoms with E-state index in [1.165, 1.54) is 42.9 Å². The van der Waals surface area contributed by atoms with Crippen molar-refractivity contribution in [2.24, 2.45) is 0 Å². The molecule has 96 valence electrons. The number of aromatic nitrogens is 1. The van der Waals surface area contributed by atoms with Gasteiger partial charge < -0.3 is 10.6 Å². The number of piperidine rings is 1. The fourth-order valence-electron chi connectivity index (χ4n) is 2.31. The lowest BCUT2D eigenvalue weighted by Gasteiger charge is -2.22. The van der Waals surface area contributed by atoms with Gasteiger partial charge in [0.1, 0.15) is 0 Å². The van der Waals surface area contributed by atoms with E-state index >= 15 is 0 Å². The number of rotatable bonds is 6. The van der Waals surface area contributed by atoms with E-state index in [0.29, 0.717) is 6.04 Å². The summed E-state index contributed by atoms with van der Waals surface area (Å²) in [5.74, 6) is 0. The maximum atomic E-state index is 4.73. The van der Waals surface area contributed by atoms with Crippen molar-refractivity contribution in [3.05, 3.63) is 16.1 Å². The minimum Gasteiger partial charge on any atom is -0.320 e. The van der Waals surface area contributed by atoms with Crippen molar-refractivity contribution >= 4 is 11.3 Å². The van der Waals surface area contributed by atoms with Crippen molar-refractivity contribution in [3.8, 4) is 0 Å². The molecule has 0 aliphatic carbocycles. The lowest BCUT2D eigenvalue weighted by Crippen LogP contribution is -2.35. The first kappa shape index (κ1) is 13.0. The van der Waals surface area contributed by atoms with E-state index in [0.717, 1.165) is 19.4 Å². The number of thiazole rings is 1. The molecule has 2 rings (SSSR count). The van der Waals surface area contributed by atoms with Crippen molar-refractivity contribution in [1.82, 2.24) is 15.6 Å². The van der Waals surface area contributed by atoms with Gasteiger partial charge in [0.25, 0.3) is 0 Å². The predicted octanol–water partition coefficient (Wildman–Crippen LogP) is 1.98. The monoisotopic (exact) mass is 253 g/mol. The molecular formula is C13H23N3S. The molecule has 1 unspecified atom stereocenters. The van der Waals surface area contributed by atoms with Crippen LogP contribution in [0, 0.1) is 0 Å². The Morgan fingerprint density at radius 2 is 2.47 bits per heavy atom. The van der Waals surface area contributed by atoms with Crippen LogP contribution in [0.5, 0.6) is 0 Å². The quantitative estimate of drug-likeness (QED) is 0.761. The molecule has 2 N–H and O–H groups in total. The molecule has 1 fully saturated rings. The lowest BCUT2D eigenvalue weighted by atomic mass is 10.0. The molecule has 1 aromatic heterocycles. The summed E-state index contributed by atoms with van der Waals surface area (Å²) in [6.07, 6.45) is 7.43. The van der Waals surface area contributed by atoms with Crippen LogP contribution in [0.2, 0.25) is 0 Å². The first-order valence-corrected chi connectivity index (χ1v) is 7.57. The largest absolute Gasteiger partial charge is 0.320 e. The van der Waals surface area contributed by atoms with E-state index in [-0.39, 0.29) is 0 Å². The molecule has 2 heterocycles. The van der Waals surface area contributed by atoms with Gasteiger partial charge in [-0.05, 0) is 45.8 Å². The summed E-state index contributed by atoms with van der Waals surface area (Å²) in [4.78, 5) is 4.73. The fraction of sp³-hybridized carbons (Fsp3) is 0.769. The standard InChI is InChI=1S/C13H23N3S/c1-14-7-4-6-12-10-17-13(16-12)9-11-5-2-3-8-15-11/h10-11,14-15H,2-9H2,1H3. The molecule has 1 aliphatic rings. The zero-order chi connectivity index (χ0) is 11.9. The SMILES string of the molecule is CNCCCc1csc(CC2CCCCN2)n1. The number of hydrogen-bond acceptors (Lipinski definition) is 4. The Morgan fingerprint density at radius 3 is 3.24 bits per heavy atom. The number of nitrogens with one attached hydrogen (secondary N) is 2. The van der Waals surface area contributed by atoms with Gasteiger partial charge in [-0.1, -0.05) is 6.42 Å². The minimum atomic E-state index is 0.667. The maximum absolute atomic E-state index is 4.73. The Morgan fingerprint density at radius 1 is 1.53 bits per heavy atom. The summed E-state index contributed by atoms with van der Waals surface area (Å²) in [7, 11) is 2.00. The van der Waals surface area contributed by atoms with Crippen LogP contribution in [-0.2, 0) is 12.8 Å². The van der Waals surface area contributed by atoms with Gasteiger partial charge in [-0.15, -0.1) is 11.3 Å². The smallest absolute Gasteiger partial charge is 0.0943 e. The van der Waals surface area contributed by atoms with Gasteiger partial charge >= 0.3 is 0 Å². The average molecular weight is 253 g/mol. The van der Waals surface area contributed by atoms with Crippen LogP contribution in [0.1, 0.15) is 36.4 Å². The van der Waals surface area contributed by atoms with E-state index in [4.69, 9.17) is 4.98 Å². The number of nitrogens with zero attached hydrogens (tertiary/aromatic N) is 1. The lowest BCUT2D eigenvalue weighted by molar-refractivity contribution is 0.399. The fourth-order valence-corrected chi connectivity index (χ4v) is 3.22. The van der Waals surface area contributed by atoms with Crippen molar-refractivity contribution in [2.75, 3.05) is 20.1 Å². The molecular weight excluding hydrogens is 230 g/mol. The summed E-state index contributed by atoms with van der Waals surface area (Å²) in [5, 5.41) is 10.3. The molecule has 4 heteroatoms. The van der Waals surface area contributed by atoms with Gasteiger partial charge in [0.2, 0.25) is 0 Å². The van der Waals surface area contributed by atoms with Crippen LogP contribution in [0.15, 0.2) is 5.38 Å². The first-order valence-electron chi connectivity index (χ1n) is 6.70. The highest BCUT2D eigenvalue weighted by molar-refractivity contribution is 7.09. The van der Waals surface area contributed by atoms with Crippen LogP contribution in [0.3, 0.4) is 0 Å². The van der Waals surface area contributed by atoms with Gasteiger partial charge in [0.15, 0.2) is 0 Å². The van der Waals surface area contributed by atoms with Gasteiger partial charge in [-0.25, -0.2) is 4.98 Å². The van der Waals surface area contributed by atoms with Crippen LogP contribution in [0.4, 0.5) is 0 Å². The Hall–Kier alpha value is -0.450. The van der Waals surface area contributed by atoms with Crippen LogP contribution < -0.4 is 10.6 Å². The van der Waals surface area contributed by atoms with Gasteiger partial charge in [-0.3, -0.25) is 0 Å². The zero-order valence-corrected chi connectivity index (χ0v) is 11.5. The molecule has 1 aliphatic heterocycles. The molecule has 1 aromatic rings. The van der Waals surface area contributed by atoms with Crippen molar-refractivity contribution in [2.45, 2.75) is 44.6 Å². The van der Waals surface area contributed by atoms with Crippen molar-refractivity contribution < 1.29 is 0 Å². The number of aryl methyl sites for hydroxylation is 1. The topological polar surface area (TPSA) is 37.0 Å². The second kappa shape index (κ2) is 7.09. The Bertz CT molecular complexity index is 318. The minimum absolute atomic E-state index is 0.667. The van der Waals surface area contributed by atoms with E-state index in [9.17, 15) is 0 Å². The normalized spacial score (nSPS) is 20.6. The Kier molecular flexibility index (Phi) is 5.42. The molecule has 0 aromatic carbocycles. The molecule has 0 amide bonds. The Labute approximate surface area is 108 Å². The molecule has 0 radical (unpaired) electrons. The summed E-state index contributed by atoms with van der Waals surface area (Å²) in [6, 6.07) is 0.667. The molecule has 1 saturated heterocycles. The maximum Gasteiger partial charge on any atom is 0.0943 e. The predicted molar refractivity (Wildman–Crippen MR) is 73.7 cm³/mol. The van der Waals surface area contributed by atoms with Gasteiger partial charge in [-0.2, -0.15) is 0 Å². The Balaban J connectivity index is 1.76. The highest BCUT2D eigenvalue weighted by Crippen LogP contribution is 2.17. The highest BCUT2D eigenvalue weighted by Gasteiger charge is 2.14. The van der Waals surface area contributed by atoms with E-state index < -0.39 is 0 Å². The second-order valence-electron chi connectivity index (χ2n) is 4.79. The second-order valence-corrected chi connectivity index (χ2v) is 5.73. The van der Waals surface area contributed by atoms with Gasteiger partial charge in [0, 0.05) is 17.8 Å². The van der Waals surface area contributed by atoms with Crippen molar-refractivity contribution in [3.63, 3.8) is 0 Å².